The molecule has 0 aliphatic heterocycles. The highest BCUT2D eigenvalue weighted by molar-refractivity contribution is 8.00. The van der Waals surface area contributed by atoms with Crippen molar-refractivity contribution in [2.24, 2.45) is 0 Å². The van der Waals surface area contributed by atoms with E-state index in [4.69, 9.17) is 4.74 Å². The van der Waals surface area contributed by atoms with Crippen LogP contribution in [0.2, 0.25) is 0 Å². The van der Waals surface area contributed by atoms with Gasteiger partial charge in [0.15, 0.2) is 5.78 Å². The second-order valence-electron chi connectivity index (χ2n) is 4.13. The molecule has 0 N–H and O–H groups in total. The van der Waals surface area contributed by atoms with E-state index in [1.807, 2.05) is 13.0 Å². The number of halogens is 1. The lowest BCUT2D eigenvalue weighted by molar-refractivity contribution is 0.102. The molecule has 0 saturated heterocycles. The molecule has 2 aromatic rings. The Morgan fingerprint density at radius 3 is 2.75 bits per heavy atom. The van der Waals surface area contributed by atoms with Crippen LogP contribution >= 0.6 is 11.8 Å². The smallest absolute Gasteiger partial charge is 0.173 e. The van der Waals surface area contributed by atoms with Crippen molar-refractivity contribution in [3.63, 3.8) is 0 Å². The van der Waals surface area contributed by atoms with E-state index in [1.165, 1.54) is 23.9 Å². The van der Waals surface area contributed by atoms with E-state index in [0.29, 0.717) is 17.9 Å². The number of thioether (sulfide) groups is 1. The van der Waals surface area contributed by atoms with E-state index in [2.05, 4.69) is 0 Å². The Bertz CT molecular complexity index is 599. The Morgan fingerprint density at radius 2 is 2.00 bits per heavy atom. The Kier molecular flexibility index (Phi) is 5.18. The molecule has 2 rings (SSSR count). The third kappa shape index (κ3) is 4.10. The lowest BCUT2D eigenvalue weighted by Gasteiger charge is -2.05. The average Bonchev–Trinajstić information content (AvgIpc) is 2.45. The summed E-state index contributed by atoms with van der Waals surface area (Å²) in [5.74, 6) is 0.676. The summed E-state index contributed by atoms with van der Waals surface area (Å²) in [6.07, 6.45) is 0. The van der Waals surface area contributed by atoms with E-state index in [9.17, 15) is 9.18 Å². The summed E-state index contributed by atoms with van der Waals surface area (Å²) in [5.41, 5.74) is 0.611. The molecule has 0 bridgehead atoms. The zero-order valence-electron chi connectivity index (χ0n) is 11.1. The van der Waals surface area contributed by atoms with Crippen molar-refractivity contribution in [1.82, 2.24) is 0 Å². The SMILES string of the molecule is CCOc1cccc(C(=O)CSc2cccc(F)c2)c1. The molecular weight excluding hydrogens is 275 g/mol. The molecule has 4 heteroatoms. The Hall–Kier alpha value is -1.81. The maximum Gasteiger partial charge on any atom is 0.173 e. The van der Waals surface area contributed by atoms with Gasteiger partial charge in [-0.25, -0.2) is 4.39 Å². The highest BCUT2D eigenvalue weighted by atomic mass is 32.2. The maximum atomic E-state index is 13.0. The summed E-state index contributed by atoms with van der Waals surface area (Å²) in [6, 6.07) is 13.3. The monoisotopic (exact) mass is 290 g/mol. The van der Waals surface area contributed by atoms with E-state index >= 15 is 0 Å². The molecule has 104 valence electrons. The lowest BCUT2D eigenvalue weighted by Crippen LogP contribution is -2.03. The van der Waals surface area contributed by atoms with Crippen LogP contribution in [-0.2, 0) is 0 Å². The van der Waals surface area contributed by atoms with E-state index < -0.39 is 0 Å². The summed E-state index contributed by atoms with van der Waals surface area (Å²) in [6.45, 7) is 2.46. The number of Topliss-reactive ketones (excluding diaryl/α,β-unsaturated/α-hetero) is 1. The lowest BCUT2D eigenvalue weighted by atomic mass is 10.1. The second kappa shape index (κ2) is 7.10. The normalized spacial score (nSPS) is 10.3. The van der Waals surface area contributed by atoms with Crippen LogP contribution in [0.3, 0.4) is 0 Å². The van der Waals surface area contributed by atoms with Gasteiger partial charge < -0.3 is 4.74 Å². The molecule has 2 nitrogen and oxygen atoms in total. The fraction of sp³-hybridized carbons (Fsp3) is 0.188. The number of hydrogen-bond acceptors (Lipinski definition) is 3. The molecule has 2 aromatic carbocycles. The molecule has 20 heavy (non-hydrogen) atoms. The van der Waals surface area contributed by atoms with Gasteiger partial charge in [-0.15, -0.1) is 11.8 Å². The molecule has 0 saturated carbocycles. The minimum atomic E-state index is -0.291. The largest absolute Gasteiger partial charge is 0.494 e. The molecule has 0 aliphatic rings. The minimum absolute atomic E-state index is 0.000754. The number of carbonyl (C=O) groups excluding carboxylic acids is 1. The fourth-order valence-corrected chi connectivity index (χ4v) is 2.55. The van der Waals surface area contributed by atoms with E-state index in [1.54, 1.807) is 30.3 Å². The third-order valence-corrected chi connectivity index (χ3v) is 3.63. The van der Waals surface area contributed by atoms with Gasteiger partial charge in [-0.2, -0.15) is 0 Å². The molecule has 0 heterocycles. The van der Waals surface area contributed by atoms with Crippen molar-refractivity contribution in [3.8, 4) is 5.75 Å². The molecule has 0 spiro atoms. The number of rotatable bonds is 6. The van der Waals surface area contributed by atoms with Crippen LogP contribution in [0.25, 0.3) is 0 Å². The van der Waals surface area contributed by atoms with Gasteiger partial charge in [-0.05, 0) is 37.3 Å². The molecular formula is C16H15FO2S. The average molecular weight is 290 g/mol. The van der Waals surface area contributed by atoms with Crippen LogP contribution in [0.1, 0.15) is 17.3 Å². The third-order valence-electron chi connectivity index (χ3n) is 2.63. The molecule has 0 amide bonds. The van der Waals surface area contributed by atoms with Crippen molar-refractivity contribution < 1.29 is 13.9 Å². The zero-order chi connectivity index (χ0) is 14.4. The highest BCUT2D eigenvalue weighted by Crippen LogP contribution is 2.21. The predicted molar refractivity (Wildman–Crippen MR) is 79.1 cm³/mol. The predicted octanol–water partition coefficient (Wildman–Crippen LogP) is 4.20. The maximum absolute atomic E-state index is 13.0. The molecule has 0 aliphatic carbocycles. The van der Waals surface area contributed by atoms with Crippen LogP contribution < -0.4 is 4.74 Å². The minimum Gasteiger partial charge on any atom is -0.494 e. The molecule has 0 fully saturated rings. The van der Waals surface area contributed by atoms with Crippen molar-refractivity contribution in [2.45, 2.75) is 11.8 Å². The number of carbonyl (C=O) groups is 1. The summed E-state index contributed by atoms with van der Waals surface area (Å²) in [7, 11) is 0. The van der Waals surface area contributed by atoms with Crippen LogP contribution in [0, 0.1) is 5.82 Å². The van der Waals surface area contributed by atoms with Crippen LogP contribution in [0.4, 0.5) is 4.39 Å². The van der Waals surface area contributed by atoms with Crippen molar-refractivity contribution >= 4 is 17.5 Å². The Balaban J connectivity index is 1.99. The second-order valence-corrected chi connectivity index (χ2v) is 5.18. The zero-order valence-corrected chi connectivity index (χ0v) is 12.0. The summed E-state index contributed by atoms with van der Waals surface area (Å²) in [4.78, 5) is 12.8. The number of hydrogen-bond donors (Lipinski definition) is 0. The standard InChI is InChI=1S/C16H15FO2S/c1-2-19-14-7-3-5-12(9-14)16(18)11-20-15-8-4-6-13(17)10-15/h3-10H,2,11H2,1H3. The molecule has 0 aromatic heterocycles. The van der Waals surface area contributed by atoms with E-state index in [-0.39, 0.29) is 17.4 Å². The van der Waals surface area contributed by atoms with E-state index in [0.717, 1.165) is 4.90 Å². The number of ketones is 1. The molecule has 0 unspecified atom stereocenters. The first-order valence-electron chi connectivity index (χ1n) is 6.33. The van der Waals surface area contributed by atoms with Gasteiger partial charge >= 0.3 is 0 Å². The summed E-state index contributed by atoms with van der Waals surface area (Å²) in [5, 5.41) is 0. The Morgan fingerprint density at radius 1 is 1.20 bits per heavy atom. The van der Waals surface area contributed by atoms with Gasteiger partial charge in [0.05, 0.1) is 12.4 Å². The van der Waals surface area contributed by atoms with Gasteiger partial charge in [0.25, 0.3) is 0 Å². The van der Waals surface area contributed by atoms with Gasteiger partial charge in [-0.3, -0.25) is 4.79 Å². The van der Waals surface area contributed by atoms with Gasteiger partial charge in [0.1, 0.15) is 11.6 Å². The summed E-state index contributed by atoms with van der Waals surface area (Å²) >= 11 is 1.33. The first kappa shape index (κ1) is 14.6. The van der Waals surface area contributed by atoms with Crippen LogP contribution in [0.15, 0.2) is 53.4 Å². The van der Waals surface area contributed by atoms with Crippen LogP contribution in [-0.4, -0.2) is 18.1 Å². The summed E-state index contributed by atoms with van der Waals surface area (Å²) < 4.78 is 18.4. The topological polar surface area (TPSA) is 26.3 Å². The van der Waals surface area contributed by atoms with Gasteiger partial charge in [0, 0.05) is 10.5 Å². The van der Waals surface area contributed by atoms with Crippen LogP contribution in [0.5, 0.6) is 5.75 Å². The van der Waals surface area contributed by atoms with Crippen molar-refractivity contribution in [2.75, 3.05) is 12.4 Å². The number of benzene rings is 2. The van der Waals surface area contributed by atoms with Gasteiger partial charge in [-0.1, -0.05) is 18.2 Å². The highest BCUT2D eigenvalue weighted by Gasteiger charge is 2.08. The van der Waals surface area contributed by atoms with Gasteiger partial charge in [0.2, 0.25) is 0 Å². The fourth-order valence-electron chi connectivity index (χ4n) is 1.71. The van der Waals surface area contributed by atoms with Crippen molar-refractivity contribution in [3.05, 3.63) is 59.9 Å². The molecule has 0 radical (unpaired) electrons. The first-order chi connectivity index (χ1) is 9.69. The molecule has 0 atom stereocenters. The quantitative estimate of drug-likeness (QED) is 0.589. The number of ether oxygens (including phenoxy) is 1. The first-order valence-corrected chi connectivity index (χ1v) is 7.32. The van der Waals surface area contributed by atoms with Crippen molar-refractivity contribution in [1.29, 1.82) is 0 Å². The Labute approximate surface area is 122 Å².